The molecular formula is C16H18N4O3. The number of likely N-dealkylation sites (N-methyl/N-ethyl adjacent to an activating group) is 1. The second-order valence-corrected chi connectivity index (χ2v) is 4.91. The summed E-state index contributed by atoms with van der Waals surface area (Å²) >= 11 is 0. The third-order valence-electron chi connectivity index (χ3n) is 3.23. The molecule has 0 saturated carbocycles. The molecule has 0 aliphatic carbocycles. The van der Waals surface area contributed by atoms with Gasteiger partial charge in [0.15, 0.2) is 0 Å². The largest absolute Gasteiger partial charge is 0.395 e. The molecule has 23 heavy (non-hydrogen) atoms. The standard InChI is InChI=1S/C16H18N4O3/c1-19(9-10-21)15-7-5-13(6-8-15)12-17-18-14-3-2-4-16(11-14)20(22)23/h2-8,11-12,18,21H,9-10H2,1H3/b17-12+. The van der Waals surface area contributed by atoms with Gasteiger partial charge in [0.05, 0.1) is 23.4 Å². The molecule has 0 aliphatic rings. The molecule has 2 N–H and O–H groups in total. The lowest BCUT2D eigenvalue weighted by Gasteiger charge is -2.17. The molecule has 0 radical (unpaired) electrons. The molecule has 2 aromatic carbocycles. The fourth-order valence-corrected chi connectivity index (χ4v) is 1.96. The Kier molecular flexibility index (Phi) is 5.65. The number of nitrogens with one attached hydrogen (secondary N) is 1. The molecule has 0 heterocycles. The number of aliphatic hydroxyl groups is 1. The van der Waals surface area contributed by atoms with Crippen molar-refractivity contribution in [1.29, 1.82) is 0 Å². The van der Waals surface area contributed by atoms with E-state index in [0.29, 0.717) is 12.2 Å². The topological polar surface area (TPSA) is 91.0 Å². The minimum atomic E-state index is -0.448. The molecule has 0 fully saturated rings. The van der Waals surface area contributed by atoms with Crippen LogP contribution >= 0.6 is 0 Å². The van der Waals surface area contributed by atoms with Gasteiger partial charge in [-0.05, 0) is 23.8 Å². The van der Waals surface area contributed by atoms with Crippen LogP contribution in [0.15, 0.2) is 53.6 Å². The maximum Gasteiger partial charge on any atom is 0.271 e. The Morgan fingerprint density at radius 1 is 1.30 bits per heavy atom. The van der Waals surface area contributed by atoms with Crippen LogP contribution in [-0.2, 0) is 0 Å². The second-order valence-electron chi connectivity index (χ2n) is 4.91. The van der Waals surface area contributed by atoms with Gasteiger partial charge in [0.25, 0.3) is 5.69 Å². The first-order valence-corrected chi connectivity index (χ1v) is 7.06. The van der Waals surface area contributed by atoms with Crippen LogP contribution in [0.25, 0.3) is 0 Å². The molecule has 0 bridgehead atoms. The van der Waals surface area contributed by atoms with Crippen molar-refractivity contribution in [3.05, 3.63) is 64.2 Å². The number of non-ortho nitro benzene ring substituents is 1. The molecule has 120 valence electrons. The summed E-state index contributed by atoms with van der Waals surface area (Å²) in [5, 5.41) is 23.7. The highest BCUT2D eigenvalue weighted by molar-refractivity contribution is 5.81. The second kappa shape index (κ2) is 7.90. The lowest BCUT2D eigenvalue weighted by Crippen LogP contribution is -2.20. The predicted octanol–water partition coefficient (Wildman–Crippen LogP) is 2.47. The maximum absolute atomic E-state index is 10.7. The van der Waals surface area contributed by atoms with Crippen molar-refractivity contribution in [2.75, 3.05) is 30.5 Å². The van der Waals surface area contributed by atoms with E-state index < -0.39 is 4.92 Å². The zero-order valence-corrected chi connectivity index (χ0v) is 12.7. The van der Waals surface area contributed by atoms with Crippen molar-refractivity contribution in [2.24, 2.45) is 5.10 Å². The van der Waals surface area contributed by atoms with Crippen molar-refractivity contribution in [3.8, 4) is 0 Å². The Morgan fingerprint density at radius 3 is 2.70 bits per heavy atom. The Bertz CT molecular complexity index is 686. The van der Waals surface area contributed by atoms with Gasteiger partial charge in [-0.3, -0.25) is 15.5 Å². The van der Waals surface area contributed by atoms with Gasteiger partial charge >= 0.3 is 0 Å². The van der Waals surface area contributed by atoms with E-state index >= 15 is 0 Å². The quantitative estimate of drug-likeness (QED) is 0.465. The zero-order valence-electron chi connectivity index (χ0n) is 12.7. The fourth-order valence-electron chi connectivity index (χ4n) is 1.96. The number of nitro benzene ring substituents is 1. The van der Waals surface area contributed by atoms with Crippen molar-refractivity contribution in [3.63, 3.8) is 0 Å². The van der Waals surface area contributed by atoms with Crippen molar-refractivity contribution in [1.82, 2.24) is 0 Å². The molecule has 0 aliphatic heterocycles. The first-order valence-electron chi connectivity index (χ1n) is 7.06. The van der Waals surface area contributed by atoms with E-state index in [9.17, 15) is 10.1 Å². The summed E-state index contributed by atoms with van der Waals surface area (Å²) in [5.74, 6) is 0. The van der Waals surface area contributed by atoms with Crippen LogP contribution in [0.3, 0.4) is 0 Å². The average molecular weight is 314 g/mol. The van der Waals surface area contributed by atoms with Crippen LogP contribution in [0.5, 0.6) is 0 Å². The average Bonchev–Trinajstić information content (AvgIpc) is 2.56. The normalized spacial score (nSPS) is 10.7. The van der Waals surface area contributed by atoms with Gasteiger partial charge in [0, 0.05) is 31.4 Å². The van der Waals surface area contributed by atoms with Crippen LogP contribution in [-0.4, -0.2) is 36.4 Å². The smallest absolute Gasteiger partial charge is 0.271 e. The fraction of sp³-hybridized carbons (Fsp3) is 0.188. The molecule has 0 unspecified atom stereocenters. The summed E-state index contributed by atoms with van der Waals surface area (Å²) in [6.07, 6.45) is 1.63. The summed E-state index contributed by atoms with van der Waals surface area (Å²) in [7, 11) is 1.91. The lowest BCUT2D eigenvalue weighted by atomic mass is 10.2. The summed E-state index contributed by atoms with van der Waals surface area (Å²) in [5.41, 5.74) is 5.23. The van der Waals surface area contributed by atoms with Crippen molar-refractivity contribution < 1.29 is 10.0 Å². The monoisotopic (exact) mass is 314 g/mol. The number of nitro groups is 1. The van der Waals surface area contributed by atoms with Gasteiger partial charge in [-0.15, -0.1) is 0 Å². The van der Waals surface area contributed by atoms with Gasteiger partial charge < -0.3 is 10.0 Å². The highest BCUT2D eigenvalue weighted by Crippen LogP contribution is 2.17. The number of hydrazone groups is 1. The van der Waals surface area contributed by atoms with Crippen LogP contribution in [0, 0.1) is 10.1 Å². The van der Waals surface area contributed by atoms with E-state index in [-0.39, 0.29) is 12.3 Å². The van der Waals surface area contributed by atoms with Crippen LogP contribution in [0.1, 0.15) is 5.56 Å². The third-order valence-corrected chi connectivity index (χ3v) is 3.23. The van der Waals surface area contributed by atoms with Crippen LogP contribution in [0.2, 0.25) is 0 Å². The Balaban J connectivity index is 1.98. The van der Waals surface area contributed by atoms with Gasteiger partial charge in [0.1, 0.15) is 0 Å². The van der Waals surface area contributed by atoms with E-state index in [2.05, 4.69) is 10.5 Å². The van der Waals surface area contributed by atoms with Gasteiger partial charge in [-0.1, -0.05) is 18.2 Å². The highest BCUT2D eigenvalue weighted by atomic mass is 16.6. The molecule has 2 aromatic rings. The maximum atomic E-state index is 10.7. The van der Waals surface area contributed by atoms with E-state index in [0.717, 1.165) is 11.3 Å². The number of rotatable bonds is 7. The van der Waals surface area contributed by atoms with Crippen molar-refractivity contribution >= 4 is 23.3 Å². The molecule has 2 rings (SSSR count). The number of anilines is 2. The Labute approximate surface area is 134 Å². The molecule has 0 aromatic heterocycles. The number of aliphatic hydroxyl groups excluding tert-OH is 1. The first kappa shape index (κ1) is 16.4. The minimum absolute atomic E-state index is 0.0153. The minimum Gasteiger partial charge on any atom is -0.395 e. The molecule has 0 saturated heterocycles. The van der Waals surface area contributed by atoms with E-state index in [1.54, 1.807) is 18.3 Å². The summed E-state index contributed by atoms with van der Waals surface area (Å²) in [6.45, 7) is 0.675. The molecule has 7 heteroatoms. The van der Waals surface area contributed by atoms with Gasteiger partial charge in [-0.2, -0.15) is 5.10 Å². The number of benzene rings is 2. The molecule has 7 nitrogen and oxygen atoms in total. The Morgan fingerprint density at radius 2 is 2.04 bits per heavy atom. The third kappa shape index (κ3) is 4.79. The summed E-state index contributed by atoms with van der Waals surface area (Å²) < 4.78 is 0. The first-order chi connectivity index (χ1) is 11.1. The Hall–Kier alpha value is -2.93. The van der Waals surface area contributed by atoms with Crippen molar-refractivity contribution in [2.45, 2.75) is 0 Å². The van der Waals surface area contributed by atoms with Crippen LogP contribution in [0.4, 0.5) is 17.1 Å². The summed E-state index contributed by atoms with van der Waals surface area (Å²) in [6, 6.07) is 13.8. The lowest BCUT2D eigenvalue weighted by molar-refractivity contribution is -0.384. The number of nitrogens with zero attached hydrogens (tertiary/aromatic N) is 3. The van der Waals surface area contributed by atoms with Crippen LogP contribution < -0.4 is 10.3 Å². The van der Waals surface area contributed by atoms with Gasteiger partial charge in [0.2, 0.25) is 0 Å². The molecular weight excluding hydrogens is 296 g/mol. The zero-order chi connectivity index (χ0) is 16.7. The number of hydrogen-bond acceptors (Lipinski definition) is 6. The van der Waals surface area contributed by atoms with Gasteiger partial charge in [-0.25, -0.2) is 0 Å². The molecule has 0 amide bonds. The van der Waals surface area contributed by atoms with E-state index in [1.807, 2.05) is 36.2 Å². The summed E-state index contributed by atoms with van der Waals surface area (Å²) in [4.78, 5) is 12.2. The number of hydrogen-bond donors (Lipinski definition) is 2. The highest BCUT2D eigenvalue weighted by Gasteiger charge is 2.04. The SMILES string of the molecule is CN(CCO)c1ccc(/C=N/Nc2cccc([N+](=O)[O-])c2)cc1. The van der Waals surface area contributed by atoms with E-state index in [4.69, 9.17) is 5.11 Å². The molecule has 0 atom stereocenters. The molecule has 0 spiro atoms. The predicted molar refractivity (Wildman–Crippen MR) is 91.1 cm³/mol. The van der Waals surface area contributed by atoms with E-state index in [1.165, 1.54) is 12.1 Å².